The van der Waals surface area contributed by atoms with E-state index < -0.39 is 10.0 Å². The monoisotopic (exact) mass is 466 g/mol. The van der Waals surface area contributed by atoms with Gasteiger partial charge in [-0.15, -0.1) is 0 Å². The normalized spacial score (nSPS) is 18.1. The Balaban J connectivity index is 1.44. The fourth-order valence-corrected chi connectivity index (χ4v) is 7.00. The third-order valence-electron chi connectivity index (χ3n) is 6.84. The molecule has 1 heterocycles. The van der Waals surface area contributed by atoms with E-state index in [-0.39, 0.29) is 6.04 Å². The number of rotatable bonds is 3. The first-order valence-electron chi connectivity index (χ1n) is 11.1. The summed E-state index contributed by atoms with van der Waals surface area (Å²) in [6.07, 6.45) is 2.07. The van der Waals surface area contributed by atoms with Crippen LogP contribution in [0.3, 0.4) is 0 Å². The first-order chi connectivity index (χ1) is 15.5. The fraction of sp³-hybridized carbons (Fsp3) is 0.308. The van der Waals surface area contributed by atoms with Crippen molar-refractivity contribution in [3.05, 3.63) is 99.6 Å². The number of fused-ring (bicyclic) bond motifs is 2. The summed E-state index contributed by atoms with van der Waals surface area (Å²) in [5.41, 5.74) is 6.08. The summed E-state index contributed by atoms with van der Waals surface area (Å²) >= 11 is 6.20. The van der Waals surface area contributed by atoms with Crippen LogP contribution in [-0.2, 0) is 22.9 Å². The molecule has 0 bridgehead atoms. The Morgan fingerprint density at radius 3 is 1.94 bits per heavy atom. The molecule has 5 rings (SSSR count). The average Bonchev–Trinajstić information content (AvgIpc) is 2.98. The third kappa shape index (κ3) is 3.77. The molecule has 0 radical (unpaired) electrons. The molecular weight excluding hydrogens is 440 g/mol. The molecule has 166 valence electrons. The van der Waals surface area contributed by atoms with Crippen LogP contribution in [0.4, 0.5) is 0 Å². The van der Waals surface area contributed by atoms with Crippen molar-refractivity contribution in [2.45, 2.75) is 30.7 Å². The van der Waals surface area contributed by atoms with Crippen LogP contribution < -0.4 is 0 Å². The summed E-state index contributed by atoms with van der Waals surface area (Å²) in [4.78, 5) is 2.75. The van der Waals surface area contributed by atoms with Gasteiger partial charge in [0.1, 0.15) is 0 Å². The van der Waals surface area contributed by atoms with Crippen LogP contribution in [0.1, 0.15) is 33.9 Å². The Morgan fingerprint density at radius 2 is 1.34 bits per heavy atom. The van der Waals surface area contributed by atoms with Gasteiger partial charge < -0.3 is 0 Å². The topological polar surface area (TPSA) is 40.6 Å². The average molecular weight is 467 g/mol. The molecule has 1 saturated heterocycles. The molecule has 0 unspecified atom stereocenters. The maximum absolute atomic E-state index is 13.3. The van der Waals surface area contributed by atoms with E-state index in [0.717, 1.165) is 12.8 Å². The van der Waals surface area contributed by atoms with Crippen molar-refractivity contribution >= 4 is 21.6 Å². The molecule has 1 fully saturated rings. The highest BCUT2D eigenvalue weighted by molar-refractivity contribution is 7.89. The Morgan fingerprint density at radius 1 is 0.781 bits per heavy atom. The van der Waals surface area contributed by atoms with Crippen molar-refractivity contribution in [3.63, 3.8) is 0 Å². The van der Waals surface area contributed by atoms with Gasteiger partial charge >= 0.3 is 0 Å². The van der Waals surface area contributed by atoms with Crippen molar-refractivity contribution in [3.8, 4) is 0 Å². The second-order valence-electron chi connectivity index (χ2n) is 8.60. The molecule has 6 heteroatoms. The van der Waals surface area contributed by atoms with E-state index in [0.29, 0.717) is 41.7 Å². The number of piperazine rings is 1. The molecule has 0 aromatic heterocycles. The zero-order chi connectivity index (χ0) is 22.3. The molecule has 3 aromatic carbocycles. The van der Waals surface area contributed by atoms with Gasteiger partial charge in [-0.1, -0.05) is 66.2 Å². The maximum Gasteiger partial charge on any atom is 0.243 e. The van der Waals surface area contributed by atoms with E-state index in [4.69, 9.17) is 11.6 Å². The summed E-state index contributed by atoms with van der Waals surface area (Å²) < 4.78 is 28.3. The SMILES string of the molecule is Cc1c(Cl)cccc1S(=O)(=O)N1CCN(C2c3ccccc3CCc3ccccc32)CC1. The predicted octanol–water partition coefficient (Wildman–Crippen LogP) is 4.84. The zero-order valence-corrected chi connectivity index (χ0v) is 19.7. The van der Waals surface area contributed by atoms with Crippen molar-refractivity contribution in [1.29, 1.82) is 0 Å². The summed E-state index contributed by atoms with van der Waals surface area (Å²) in [6, 6.07) is 22.6. The Bertz CT molecular complexity index is 1200. The molecule has 2 aliphatic rings. The van der Waals surface area contributed by atoms with Gasteiger partial charge in [-0.2, -0.15) is 4.31 Å². The van der Waals surface area contributed by atoms with Gasteiger partial charge in [0.2, 0.25) is 10.0 Å². The van der Waals surface area contributed by atoms with E-state index in [9.17, 15) is 8.42 Å². The molecule has 1 aliphatic carbocycles. The molecule has 32 heavy (non-hydrogen) atoms. The zero-order valence-electron chi connectivity index (χ0n) is 18.2. The highest BCUT2D eigenvalue weighted by atomic mass is 35.5. The van der Waals surface area contributed by atoms with Crippen LogP contribution in [0, 0.1) is 6.92 Å². The van der Waals surface area contributed by atoms with Gasteiger partial charge in [0.25, 0.3) is 0 Å². The van der Waals surface area contributed by atoms with E-state index in [1.54, 1.807) is 29.4 Å². The number of hydrogen-bond acceptors (Lipinski definition) is 3. The van der Waals surface area contributed by atoms with Gasteiger partial charge in [0, 0.05) is 31.2 Å². The van der Waals surface area contributed by atoms with Crippen LogP contribution >= 0.6 is 11.6 Å². The van der Waals surface area contributed by atoms with Crippen LogP contribution in [0.2, 0.25) is 5.02 Å². The largest absolute Gasteiger partial charge is 0.290 e. The second-order valence-corrected chi connectivity index (χ2v) is 10.9. The van der Waals surface area contributed by atoms with Crippen LogP contribution in [0.5, 0.6) is 0 Å². The lowest BCUT2D eigenvalue weighted by Gasteiger charge is -2.39. The van der Waals surface area contributed by atoms with Crippen molar-refractivity contribution in [2.24, 2.45) is 0 Å². The number of hydrogen-bond donors (Lipinski definition) is 0. The first kappa shape index (κ1) is 21.7. The maximum atomic E-state index is 13.3. The van der Waals surface area contributed by atoms with E-state index in [1.165, 1.54) is 22.3 Å². The lowest BCUT2D eigenvalue weighted by Crippen LogP contribution is -2.50. The number of nitrogens with zero attached hydrogens (tertiary/aromatic N) is 2. The molecule has 0 spiro atoms. The van der Waals surface area contributed by atoms with Gasteiger partial charge in [0.15, 0.2) is 0 Å². The number of halogens is 1. The fourth-order valence-electron chi connectivity index (χ4n) is 5.10. The third-order valence-corrected chi connectivity index (χ3v) is 9.29. The molecule has 1 aliphatic heterocycles. The van der Waals surface area contributed by atoms with Crippen LogP contribution in [0.25, 0.3) is 0 Å². The minimum Gasteiger partial charge on any atom is -0.290 e. The van der Waals surface area contributed by atoms with Gasteiger partial charge in [-0.25, -0.2) is 8.42 Å². The molecule has 0 N–H and O–H groups in total. The Labute approximate surface area is 195 Å². The molecule has 0 amide bonds. The second kappa shape index (κ2) is 8.64. The lowest BCUT2D eigenvalue weighted by atomic mass is 9.93. The van der Waals surface area contributed by atoms with Crippen LogP contribution in [0.15, 0.2) is 71.6 Å². The minimum absolute atomic E-state index is 0.155. The Hall–Kier alpha value is -2.18. The molecule has 3 aromatic rings. The highest BCUT2D eigenvalue weighted by Crippen LogP contribution is 2.37. The smallest absolute Gasteiger partial charge is 0.243 e. The van der Waals surface area contributed by atoms with Gasteiger partial charge in [-0.3, -0.25) is 4.90 Å². The molecular formula is C26H27ClN2O2S. The van der Waals surface area contributed by atoms with Gasteiger partial charge in [0.05, 0.1) is 10.9 Å². The standard InChI is InChI=1S/C26H27ClN2O2S/c1-19-24(27)11-6-12-25(19)32(30,31)29-17-15-28(16-18-29)26-22-9-4-2-7-20(22)13-14-21-8-3-5-10-23(21)26/h2-12,26H,13-18H2,1H3. The lowest BCUT2D eigenvalue weighted by molar-refractivity contribution is 0.155. The summed E-state index contributed by atoms with van der Waals surface area (Å²) in [5.74, 6) is 0. The first-order valence-corrected chi connectivity index (χ1v) is 12.9. The molecule has 4 nitrogen and oxygen atoms in total. The van der Waals surface area contributed by atoms with Crippen molar-refractivity contribution in [2.75, 3.05) is 26.2 Å². The predicted molar refractivity (Wildman–Crippen MR) is 129 cm³/mol. The number of aryl methyl sites for hydroxylation is 2. The number of sulfonamides is 1. The summed E-state index contributed by atoms with van der Waals surface area (Å²) in [6.45, 7) is 4.08. The molecule has 0 saturated carbocycles. The summed E-state index contributed by atoms with van der Waals surface area (Å²) in [5, 5.41) is 0.483. The van der Waals surface area contributed by atoms with Crippen LogP contribution in [-0.4, -0.2) is 43.8 Å². The van der Waals surface area contributed by atoms with Gasteiger partial charge in [-0.05, 0) is 59.7 Å². The van der Waals surface area contributed by atoms with Crippen molar-refractivity contribution in [1.82, 2.24) is 9.21 Å². The Kier molecular flexibility index (Phi) is 5.84. The van der Waals surface area contributed by atoms with Crippen molar-refractivity contribution < 1.29 is 8.42 Å². The van der Waals surface area contributed by atoms with E-state index >= 15 is 0 Å². The quantitative estimate of drug-likeness (QED) is 0.554. The molecule has 0 atom stereocenters. The van der Waals surface area contributed by atoms with E-state index in [2.05, 4.69) is 53.4 Å². The summed E-state index contributed by atoms with van der Waals surface area (Å²) in [7, 11) is -3.58. The number of benzene rings is 3. The minimum atomic E-state index is -3.58. The highest BCUT2D eigenvalue weighted by Gasteiger charge is 2.35. The van der Waals surface area contributed by atoms with E-state index in [1.807, 2.05) is 0 Å².